The fraction of sp³-hybridized carbons (Fsp3) is 0.250. The highest BCUT2D eigenvalue weighted by atomic mass is 35.5. The molecule has 0 fully saturated rings. The normalized spacial score (nSPS) is 11.0. The van der Waals surface area contributed by atoms with Crippen molar-refractivity contribution in [3.05, 3.63) is 70.8 Å². The molecule has 5 heteroatoms. The number of likely N-dealkylation sites (N-methyl/N-ethyl adjacent to an activating group) is 1. The lowest BCUT2D eigenvalue weighted by Crippen LogP contribution is -2.31. The zero-order chi connectivity index (χ0) is 18.1. The topological polar surface area (TPSA) is 41.6 Å². The van der Waals surface area contributed by atoms with E-state index in [4.69, 9.17) is 16.3 Å². The van der Waals surface area contributed by atoms with Crippen LogP contribution in [-0.4, -0.2) is 38.1 Å². The summed E-state index contributed by atoms with van der Waals surface area (Å²) >= 11 is 5.98. The molecule has 0 saturated heterocycles. The molecule has 2 aromatic carbocycles. The van der Waals surface area contributed by atoms with Gasteiger partial charge in [-0.3, -0.25) is 4.79 Å². The number of amides is 1. The fourth-order valence-electron chi connectivity index (χ4n) is 2.40. The molecule has 4 nitrogen and oxygen atoms in total. The lowest BCUT2D eigenvalue weighted by atomic mass is 10.2. The van der Waals surface area contributed by atoms with Crippen LogP contribution in [-0.2, 0) is 11.3 Å². The Morgan fingerprint density at radius 1 is 1.24 bits per heavy atom. The summed E-state index contributed by atoms with van der Waals surface area (Å²) in [6.45, 7) is 2.21. The van der Waals surface area contributed by atoms with Crippen LogP contribution in [0.1, 0.15) is 11.1 Å². The highest BCUT2D eigenvalue weighted by Crippen LogP contribution is 2.23. The zero-order valence-corrected chi connectivity index (χ0v) is 15.3. The lowest BCUT2D eigenvalue weighted by Gasteiger charge is -2.16. The number of carbonyl (C=O) groups excluding carboxylic acids is 1. The second-order valence-corrected chi connectivity index (χ2v) is 6.17. The van der Waals surface area contributed by atoms with Crippen LogP contribution in [0.5, 0.6) is 5.75 Å². The summed E-state index contributed by atoms with van der Waals surface area (Å²) in [5.74, 6) is 0.534. The number of methoxy groups -OCH3 is 1. The number of carbonyl (C=O) groups is 1. The van der Waals surface area contributed by atoms with Gasteiger partial charge < -0.3 is 15.0 Å². The van der Waals surface area contributed by atoms with Gasteiger partial charge in [-0.1, -0.05) is 41.9 Å². The highest BCUT2D eigenvalue weighted by molar-refractivity contribution is 6.30. The van der Waals surface area contributed by atoms with Crippen molar-refractivity contribution in [3.8, 4) is 5.75 Å². The van der Waals surface area contributed by atoms with E-state index in [1.807, 2.05) is 25.2 Å². The number of benzene rings is 2. The summed E-state index contributed by atoms with van der Waals surface area (Å²) in [6, 6.07) is 15.5. The quantitative estimate of drug-likeness (QED) is 0.733. The molecule has 1 N–H and O–H groups in total. The summed E-state index contributed by atoms with van der Waals surface area (Å²) in [4.78, 5) is 14.1. The molecule has 0 bridgehead atoms. The molecule has 0 aromatic heterocycles. The Bertz CT molecular complexity index is 717. The van der Waals surface area contributed by atoms with Crippen LogP contribution in [0.3, 0.4) is 0 Å². The molecule has 2 rings (SSSR count). The maximum absolute atomic E-state index is 12.0. The minimum absolute atomic E-state index is 0.143. The predicted molar refractivity (Wildman–Crippen MR) is 103 cm³/mol. The molecule has 0 aliphatic heterocycles. The molecule has 25 heavy (non-hydrogen) atoms. The average Bonchev–Trinajstić information content (AvgIpc) is 2.61. The Morgan fingerprint density at radius 2 is 2.00 bits per heavy atom. The Morgan fingerprint density at radius 3 is 2.72 bits per heavy atom. The lowest BCUT2D eigenvalue weighted by molar-refractivity contribution is -0.116. The molecule has 0 atom stereocenters. The molecule has 132 valence electrons. The van der Waals surface area contributed by atoms with Gasteiger partial charge in [-0.15, -0.1) is 0 Å². The minimum atomic E-state index is -0.143. The summed E-state index contributed by atoms with van der Waals surface area (Å²) in [5, 5.41) is 3.48. The van der Waals surface area contributed by atoms with Crippen molar-refractivity contribution >= 4 is 23.6 Å². The van der Waals surface area contributed by atoms with Crippen molar-refractivity contribution in [2.24, 2.45) is 0 Å². The first-order chi connectivity index (χ1) is 12.1. The molecule has 1 amide bonds. The van der Waals surface area contributed by atoms with Crippen LogP contribution in [0.2, 0.25) is 5.02 Å². The number of nitrogens with zero attached hydrogens (tertiary/aromatic N) is 1. The third-order valence-electron chi connectivity index (χ3n) is 3.69. The van der Waals surface area contributed by atoms with Gasteiger partial charge in [-0.2, -0.15) is 0 Å². The molecule has 0 saturated carbocycles. The Labute approximate surface area is 154 Å². The van der Waals surface area contributed by atoms with Crippen molar-refractivity contribution in [2.45, 2.75) is 6.54 Å². The van der Waals surface area contributed by atoms with Crippen LogP contribution in [0, 0.1) is 0 Å². The Hall–Kier alpha value is -2.30. The van der Waals surface area contributed by atoms with Gasteiger partial charge in [0.2, 0.25) is 5.91 Å². The summed E-state index contributed by atoms with van der Waals surface area (Å²) in [7, 11) is 3.62. The van der Waals surface area contributed by atoms with Crippen LogP contribution >= 0.6 is 11.6 Å². The molecule has 0 radical (unpaired) electrons. The number of ether oxygens (including phenoxy) is 1. The van der Waals surface area contributed by atoms with E-state index in [0.29, 0.717) is 17.3 Å². The van der Waals surface area contributed by atoms with E-state index >= 15 is 0 Å². The van der Waals surface area contributed by atoms with Gasteiger partial charge >= 0.3 is 0 Å². The van der Waals surface area contributed by atoms with E-state index in [0.717, 1.165) is 18.7 Å². The third kappa shape index (κ3) is 6.61. The van der Waals surface area contributed by atoms with Gasteiger partial charge in [0.1, 0.15) is 5.75 Å². The largest absolute Gasteiger partial charge is 0.496 e. The Kier molecular flexibility index (Phi) is 7.51. The van der Waals surface area contributed by atoms with Gasteiger partial charge in [0.05, 0.1) is 7.11 Å². The van der Waals surface area contributed by atoms with Crippen molar-refractivity contribution < 1.29 is 9.53 Å². The van der Waals surface area contributed by atoms with Gasteiger partial charge in [0.15, 0.2) is 0 Å². The molecule has 2 aromatic rings. The van der Waals surface area contributed by atoms with Crippen molar-refractivity contribution in [1.29, 1.82) is 0 Å². The van der Waals surface area contributed by atoms with Crippen LogP contribution in [0.15, 0.2) is 54.6 Å². The van der Waals surface area contributed by atoms with Crippen molar-refractivity contribution in [3.63, 3.8) is 0 Å². The SMILES string of the molecule is COc1ccc(Cl)cc1/C=C/C(=O)NCCN(C)Cc1ccccc1. The number of rotatable bonds is 8. The predicted octanol–water partition coefficient (Wildman–Crippen LogP) is 3.61. The number of hydrogen-bond acceptors (Lipinski definition) is 3. The fourth-order valence-corrected chi connectivity index (χ4v) is 2.58. The third-order valence-corrected chi connectivity index (χ3v) is 3.93. The van der Waals surface area contributed by atoms with E-state index in [1.165, 1.54) is 11.6 Å². The number of nitrogens with one attached hydrogen (secondary N) is 1. The summed E-state index contributed by atoms with van der Waals surface area (Å²) < 4.78 is 5.25. The van der Waals surface area contributed by atoms with E-state index in [1.54, 1.807) is 31.4 Å². The molecule has 0 aliphatic rings. The molecule has 0 spiro atoms. The van der Waals surface area contributed by atoms with Gasteiger partial charge in [0.25, 0.3) is 0 Å². The van der Waals surface area contributed by atoms with E-state index in [2.05, 4.69) is 22.3 Å². The van der Waals surface area contributed by atoms with E-state index < -0.39 is 0 Å². The van der Waals surface area contributed by atoms with Crippen LogP contribution in [0.4, 0.5) is 0 Å². The second-order valence-electron chi connectivity index (χ2n) is 5.73. The molecular formula is C20H23ClN2O2. The first-order valence-corrected chi connectivity index (χ1v) is 8.48. The first-order valence-electron chi connectivity index (χ1n) is 8.10. The Balaban J connectivity index is 1.78. The van der Waals surface area contributed by atoms with Crippen LogP contribution in [0.25, 0.3) is 6.08 Å². The maximum atomic E-state index is 12.0. The van der Waals surface area contributed by atoms with E-state index in [9.17, 15) is 4.79 Å². The number of hydrogen-bond donors (Lipinski definition) is 1. The monoisotopic (exact) mass is 358 g/mol. The molecular weight excluding hydrogens is 336 g/mol. The molecule has 0 heterocycles. The van der Waals surface area contributed by atoms with Crippen molar-refractivity contribution in [1.82, 2.24) is 10.2 Å². The number of halogens is 1. The summed E-state index contributed by atoms with van der Waals surface area (Å²) in [6.07, 6.45) is 3.19. The summed E-state index contributed by atoms with van der Waals surface area (Å²) in [5.41, 5.74) is 2.02. The minimum Gasteiger partial charge on any atom is -0.496 e. The zero-order valence-electron chi connectivity index (χ0n) is 14.5. The molecule has 0 unspecified atom stereocenters. The first kappa shape index (κ1) is 19.0. The van der Waals surface area contributed by atoms with Gasteiger partial charge in [0, 0.05) is 36.3 Å². The second kappa shape index (κ2) is 9.87. The van der Waals surface area contributed by atoms with Gasteiger partial charge in [-0.25, -0.2) is 0 Å². The smallest absolute Gasteiger partial charge is 0.244 e. The highest BCUT2D eigenvalue weighted by Gasteiger charge is 2.03. The molecule has 0 aliphatic carbocycles. The average molecular weight is 359 g/mol. The maximum Gasteiger partial charge on any atom is 0.244 e. The van der Waals surface area contributed by atoms with E-state index in [-0.39, 0.29) is 5.91 Å². The standard InChI is InChI=1S/C20H23ClN2O2/c1-23(15-16-6-4-3-5-7-16)13-12-22-20(24)11-8-17-14-18(21)9-10-19(17)25-2/h3-11,14H,12-13,15H2,1-2H3,(H,22,24)/b11-8+. The van der Waals surface area contributed by atoms with Crippen molar-refractivity contribution in [2.75, 3.05) is 27.2 Å². The van der Waals surface area contributed by atoms with Gasteiger partial charge in [-0.05, 0) is 36.9 Å². The van der Waals surface area contributed by atoms with Crippen LogP contribution < -0.4 is 10.1 Å².